The lowest BCUT2D eigenvalue weighted by atomic mass is 9.98. The molecule has 0 radical (unpaired) electrons. The molecule has 2 N–H and O–H groups in total. The molecule has 0 heterocycles. The summed E-state index contributed by atoms with van der Waals surface area (Å²) in [6.45, 7) is 9.66. The Morgan fingerprint density at radius 3 is 2.47 bits per heavy atom. The Morgan fingerprint density at radius 1 is 1.40 bits per heavy atom. The fourth-order valence-corrected chi connectivity index (χ4v) is 1.35. The van der Waals surface area contributed by atoms with Crippen molar-refractivity contribution in [3.63, 3.8) is 0 Å². The summed E-state index contributed by atoms with van der Waals surface area (Å²) in [5.41, 5.74) is -0.669. The molecule has 0 amide bonds. The number of rotatable bonds is 8. The van der Waals surface area contributed by atoms with Crippen LogP contribution < -0.4 is 5.32 Å². The van der Waals surface area contributed by atoms with Gasteiger partial charge in [-0.05, 0) is 19.8 Å². The van der Waals surface area contributed by atoms with E-state index < -0.39 is 5.60 Å². The molecule has 0 aromatic heterocycles. The van der Waals surface area contributed by atoms with Gasteiger partial charge in [-0.25, -0.2) is 0 Å². The maximum absolute atomic E-state index is 10.0. The Balaban J connectivity index is 3.81. The maximum Gasteiger partial charge on any atom is 0.0765 e. The standard InChI is InChI=1S/C12H27NO2/c1-6-10(2)11(3)13-9-12(4,14)7-8-15-5/h10-11,13-14H,6-9H2,1-5H3. The van der Waals surface area contributed by atoms with Gasteiger partial charge in [0.1, 0.15) is 0 Å². The van der Waals surface area contributed by atoms with Gasteiger partial charge in [0.25, 0.3) is 0 Å². The van der Waals surface area contributed by atoms with E-state index in [0.717, 1.165) is 6.42 Å². The van der Waals surface area contributed by atoms with E-state index in [0.29, 0.717) is 31.5 Å². The first-order valence-corrected chi connectivity index (χ1v) is 5.87. The molecule has 0 saturated heterocycles. The summed E-state index contributed by atoms with van der Waals surface area (Å²) >= 11 is 0. The average molecular weight is 217 g/mol. The second-order valence-electron chi connectivity index (χ2n) is 4.79. The third kappa shape index (κ3) is 6.88. The molecule has 0 fully saturated rings. The van der Waals surface area contributed by atoms with Crippen molar-refractivity contribution in [1.82, 2.24) is 5.32 Å². The third-order valence-electron chi connectivity index (χ3n) is 3.15. The van der Waals surface area contributed by atoms with E-state index in [4.69, 9.17) is 4.74 Å². The van der Waals surface area contributed by atoms with Crippen LogP contribution in [0.2, 0.25) is 0 Å². The summed E-state index contributed by atoms with van der Waals surface area (Å²) in [6, 6.07) is 0.448. The molecule has 0 aliphatic rings. The number of aliphatic hydroxyl groups is 1. The monoisotopic (exact) mass is 217 g/mol. The molecular weight excluding hydrogens is 190 g/mol. The van der Waals surface area contributed by atoms with E-state index in [-0.39, 0.29) is 0 Å². The Kier molecular flexibility index (Phi) is 7.14. The fraction of sp³-hybridized carbons (Fsp3) is 1.00. The van der Waals surface area contributed by atoms with Crippen molar-refractivity contribution in [3.8, 4) is 0 Å². The molecule has 0 aromatic rings. The van der Waals surface area contributed by atoms with Crippen LogP contribution in [0.3, 0.4) is 0 Å². The Bertz CT molecular complexity index is 160. The van der Waals surface area contributed by atoms with Crippen molar-refractivity contribution in [1.29, 1.82) is 0 Å². The molecule has 0 aliphatic carbocycles. The third-order valence-corrected chi connectivity index (χ3v) is 3.15. The van der Waals surface area contributed by atoms with Crippen molar-refractivity contribution < 1.29 is 9.84 Å². The highest BCUT2D eigenvalue weighted by molar-refractivity contribution is 4.78. The van der Waals surface area contributed by atoms with Crippen LogP contribution in [0.15, 0.2) is 0 Å². The van der Waals surface area contributed by atoms with Crippen LogP contribution in [0.1, 0.15) is 40.5 Å². The molecule has 3 heteroatoms. The minimum atomic E-state index is -0.669. The van der Waals surface area contributed by atoms with Gasteiger partial charge >= 0.3 is 0 Å². The van der Waals surface area contributed by atoms with Crippen molar-refractivity contribution >= 4 is 0 Å². The van der Waals surface area contributed by atoms with Crippen LogP contribution in [0.25, 0.3) is 0 Å². The van der Waals surface area contributed by atoms with Crippen molar-refractivity contribution in [2.45, 2.75) is 52.2 Å². The summed E-state index contributed by atoms with van der Waals surface area (Å²) in [5.74, 6) is 0.642. The lowest BCUT2D eigenvalue weighted by molar-refractivity contribution is 0.0218. The smallest absolute Gasteiger partial charge is 0.0765 e. The zero-order valence-corrected chi connectivity index (χ0v) is 10.8. The van der Waals surface area contributed by atoms with E-state index in [1.165, 1.54) is 0 Å². The van der Waals surface area contributed by atoms with E-state index in [9.17, 15) is 5.11 Å². The summed E-state index contributed by atoms with van der Waals surface area (Å²) < 4.78 is 4.97. The lowest BCUT2D eigenvalue weighted by Gasteiger charge is -2.28. The van der Waals surface area contributed by atoms with Crippen LogP contribution in [0.5, 0.6) is 0 Å². The molecule has 0 bridgehead atoms. The Hall–Kier alpha value is -0.120. The van der Waals surface area contributed by atoms with Gasteiger partial charge in [-0.15, -0.1) is 0 Å². The summed E-state index contributed by atoms with van der Waals surface area (Å²) in [7, 11) is 1.66. The second kappa shape index (κ2) is 7.20. The number of ether oxygens (including phenoxy) is 1. The van der Waals surface area contributed by atoms with E-state index >= 15 is 0 Å². The van der Waals surface area contributed by atoms with Crippen molar-refractivity contribution in [3.05, 3.63) is 0 Å². The summed E-state index contributed by atoms with van der Waals surface area (Å²) in [5, 5.41) is 13.4. The number of nitrogens with one attached hydrogen (secondary N) is 1. The highest BCUT2D eigenvalue weighted by atomic mass is 16.5. The summed E-state index contributed by atoms with van der Waals surface area (Å²) in [4.78, 5) is 0. The van der Waals surface area contributed by atoms with Crippen LogP contribution in [-0.4, -0.2) is 37.0 Å². The van der Waals surface area contributed by atoms with Crippen molar-refractivity contribution in [2.24, 2.45) is 5.92 Å². The first-order valence-electron chi connectivity index (χ1n) is 5.87. The fourth-order valence-electron chi connectivity index (χ4n) is 1.35. The molecule has 3 unspecified atom stereocenters. The van der Waals surface area contributed by atoms with Gasteiger partial charge in [0.05, 0.1) is 5.60 Å². The van der Waals surface area contributed by atoms with Gasteiger partial charge in [0.15, 0.2) is 0 Å². The first-order chi connectivity index (χ1) is 6.93. The Morgan fingerprint density at radius 2 is 2.00 bits per heavy atom. The zero-order chi connectivity index (χ0) is 11.9. The van der Waals surface area contributed by atoms with Gasteiger partial charge in [-0.2, -0.15) is 0 Å². The number of methoxy groups -OCH3 is 1. The zero-order valence-electron chi connectivity index (χ0n) is 10.8. The van der Waals surface area contributed by atoms with E-state index in [2.05, 4.69) is 26.1 Å². The molecule has 0 aromatic carbocycles. The van der Waals surface area contributed by atoms with Crippen molar-refractivity contribution in [2.75, 3.05) is 20.3 Å². The highest BCUT2D eigenvalue weighted by Crippen LogP contribution is 2.11. The predicted molar refractivity (Wildman–Crippen MR) is 64.0 cm³/mol. The number of hydrogen-bond donors (Lipinski definition) is 2. The minimum Gasteiger partial charge on any atom is -0.389 e. The molecule has 3 atom stereocenters. The summed E-state index contributed by atoms with van der Waals surface area (Å²) in [6.07, 6.45) is 1.83. The average Bonchev–Trinajstić information content (AvgIpc) is 2.22. The largest absolute Gasteiger partial charge is 0.389 e. The molecule has 0 rings (SSSR count). The normalized spacial score (nSPS) is 19.6. The van der Waals surface area contributed by atoms with Gasteiger partial charge in [-0.3, -0.25) is 0 Å². The van der Waals surface area contributed by atoms with Crippen LogP contribution in [-0.2, 0) is 4.74 Å². The molecule has 92 valence electrons. The SMILES string of the molecule is CCC(C)C(C)NCC(C)(O)CCOC. The highest BCUT2D eigenvalue weighted by Gasteiger charge is 2.21. The second-order valence-corrected chi connectivity index (χ2v) is 4.79. The van der Waals surface area contributed by atoms with Gasteiger partial charge in [0.2, 0.25) is 0 Å². The van der Waals surface area contributed by atoms with E-state index in [1.807, 2.05) is 6.92 Å². The van der Waals surface area contributed by atoms with Crippen LogP contribution in [0, 0.1) is 5.92 Å². The topological polar surface area (TPSA) is 41.5 Å². The molecule has 15 heavy (non-hydrogen) atoms. The lowest BCUT2D eigenvalue weighted by Crippen LogP contribution is -2.44. The van der Waals surface area contributed by atoms with Crippen LogP contribution >= 0.6 is 0 Å². The molecule has 0 aliphatic heterocycles. The van der Waals surface area contributed by atoms with Gasteiger partial charge in [-0.1, -0.05) is 20.3 Å². The van der Waals surface area contributed by atoms with Gasteiger partial charge in [0, 0.05) is 32.7 Å². The molecule has 3 nitrogen and oxygen atoms in total. The van der Waals surface area contributed by atoms with Gasteiger partial charge < -0.3 is 15.2 Å². The van der Waals surface area contributed by atoms with Crippen LogP contribution in [0.4, 0.5) is 0 Å². The van der Waals surface area contributed by atoms with E-state index in [1.54, 1.807) is 7.11 Å². The molecule has 0 spiro atoms. The quantitative estimate of drug-likeness (QED) is 0.651. The minimum absolute atomic E-state index is 0.448. The molecular formula is C12H27NO2. The first kappa shape index (κ1) is 14.9. The number of hydrogen-bond acceptors (Lipinski definition) is 3. The predicted octanol–water partition coefficient (Wildman–Crippen LogP) is 1.80. The Labute approximate surface area is 94.2 Å². The molecule has 0 saturated carbocycles. The maximum atomic E-state index is 10.0.